The Morgan fingerprint density at radius 3 is 2.71 bits per heavy atom. The smallest absolute Gasteiger partial charge is 0.307 e. The van der Waals surface area contributed by atoms with Gasteiger partial charge in [0.15, 0.2) is 5.82 Å². The summed E-state index contributed by atoms with van der Waals surface area (Å²) in [6.45, 7) is 3.97. The predicted molar refractivity (Wildman–Crippen MR) is 68.0 cm³/mol. The predicted octanol–water partition coefficient (Wildman–Crippen LogP) is 2.30. The van der Waals surface area contributed by atoms with Crippen molar-refractivity contribution in [1.29, 1.82) is 0 Å². The van der Waals surface area contributed by atoms with Crippen LogP contribution in [0, 0.1) is 19.7 Å². The second-order valence-electron chi connectivity index (χ2n) is 3.92. The molecule has 0 fully saturated rings. The minimum atomic E-state index is -0.442. The van der Waals surface area contributed by atoms with E-state index in [1.807, 2.05) is 13.8 Å². The van der Waals surface area contributed by atoms with Crippen LogP contribution >= 0.6 is 11.3 Å². The second kappa shape index (κ2) is 4.33. The van der Waals surface area contributed by atoms with Gasteiger partial charge in [-0.25, -0.2) is 4.39 Å². The minimum absolute atomic E-state index is 0.0678. The van der Waals surface area contributed by atoms with Crippen LogP contribution in [0.3, 0.4) is 0 Å². The molecule has 90 valence electrons. The monoisotopic (exact) mass is 252 g/mol. The molecule has 0 unspecified atom stereocenters. The molecule has 0 saturated heterocycles. The molecule has 17 heavy (non-hydrogen) atoms. The molecular weight excluding hydrogens is 239 g/mol. The molecule has 1 aromatic carbocycles. The first-order valence-corrected chi connectivity index (χ1v) is 6.02. The number of aromatic nitrogens is 1. The molecule has 0 aliphatic heterocycles. The van der Waals surface area contributed by atoms with Crippen LogP contribution in [-0.2, 0) is 6.54 Å². The van der Waals surface area contributed by atoms with Gasteiger partial charge < -0.3 is 5.73 Å². The van der Waals surface area contributed by atoms with Gasteiger partial charge in [0.2, 0.25) is 0 Å². The number of aryl methyl sites for hydroxylation is 1. The van der Waals surface area contributed by atoms with Gasteiger partial charge in [-0.2, -0.15) is 0 Å². The number of halogens is 1. The van der Waals surface area contributed by atoms with Crippen molar-refractivity contribution in [2.24, 2.45) is 0 Å². The van der Waals surface area contributed by atoms with Gasteiger partial charge in [-0.1, -0.05) is 23.5 Å². The van der Waals surface area contributed by atoms with Crippen molar-refractivity contribution >= 4 is 17.0 Å². The summed E-state index contributed by atoms with van der Waals surface area (Å²) < 4.78 is 15.3. The molecule has 0 amide bonds. The fraction of sp³-hybridized carbons (Fsp3) is 0.250. The van der Waals surface area contributed by atoms with Gasteiger partial charge in [-0.15, -0.1) is 0 Å². The van der Waals surface area contributed by atoms with E-state index in [9.17, 15) is 9.18 Å². The van der Waals surface area contributed by atoms with Gasteiger partial charge >= 0.3 is 4.87 Å². The number of nitrogens with zero attached hydrogens (tertiary/aromatic N) is 1. The number of benzene rings is 1. The highest BCUT2D eigenvalue weighted by atomic mass is 32.1. The number of hydrogen-bond donors (Lipinski definition) is 1. The minimum Gasteiger partial charge on any atom is -0.396 e. The molecule has 2 aromatic rings. The molecule has 0 bridgehead atoms. The summed E-state index contributed by atoms with van der Waals surface area (Å²) in [5, 5.41) is 0. The van der Waals surface area contributed by atoms with Crippen LogP contribution in [-0.4, -0.2) is 4.57 Å². The van der Waals surface area contributed by atoms with Crippen LogP contribution in [0.5, 0.6) is 0 Å². The molecule has 2 rings (SSSR count). The first kappa shape index (κ1) is 11.9. The maximum Gasteiger partial charge on any atom is 0.307 e. The van der Waals surface area contributed by atoms with Crippen LogP contribution in [0.4, 0.5) is 10.1 Å². The summed E-state index contributed by atoms with van der Waals surface area (Å²) in [6.07, 6.45) is 0. The van der Waals surface area contributed by atoms with Gasteiger partial charge in [0.05, 0.1) is 12.2 Å². The van der Waals surface area contributed by atoms with Crippen molar-refractivity contribution in [3.63, 3.8) is 0 Å². The summed E-state index contributed by atoms with van der Waals surface area (Å²) in [6, 6.07) is 4.84. The number of thiazole rings is 1. The molecule has 0 aliphatic rings. The van der Waals surface area contributed by atoms with E-state index in [4.69, 9.17) is 5.73 Å². The Kier molecular flexibility index (Phi) is 3.02. The van der Waals surface area contributed by atoms with E-state index in [2.05, 4.69) is 0 Å². The Morgan fingerprint density at radius 2 is 2.12 bits per heavy atom. The van der Waals surface area contributed by atoms with E-state index in [-0.39, 0.29) is 17.1 Å². The van der Waals surface area contributed by atoms with Gasteiger partial charge in [0, 0.05) is 16.1 Å². The number of hydrogen-bond acceptors (Lipinski definition) is 3. The number of nitrogen functional groups attached to an aromatic ring is 1. The third kappa shape index (κ3) is 2.10. The van der Waals surface area contributed by atoms with Crippen LogP contribution in [0.1, 0.15) is 16.1 Å². The summed E-state index contributed by atoms with van der Waals surface area (Å²) in [4.78, 5) is 12.6. The molecule has 0 atom stereocenters. The van der Waals surface area contributed by atoms with Crippen LogP contribution in [0.15, 0.2) is 23.0 Å². The Morgan fingerprint density at radius 1 is 1.41 bits per heavy atom. The zero-order chi connectivity index (χ0) is 12.6. The molecule has 3 nitrogen and oxygen atoms in total. The SMILES string of the molecule is Cc1sc(=O)n(Cc2cccc(N)c2F)c1C. The second-order valence-corrected chi connectivity index (χ2v) is 5.08. The molecular formula is C12H13FN2OS. The third-order valence-electron chi connectivity index (χ3n) is 2.81. The van der Waals surface area contributed by atoms with Crippen molar-refractivity contribution in [3.05, 3.63) is 49.8 Å². The molecule has 0 saturated carbocycles. The fourth-order valence-corrected chi connectivity index (χ4v) is 2.49. The molecule has 0 spiro atoms. The van der Waals surface area contributed by atoms with Crippen LogP contribution < -0.4 is 10.6 Å². The van der Waals surface area contributed by atoms with Crippen LogP contribution in [0.2, 0.25) is 0 Å². The highest BCUT2D eigenvalue weighted by molar-refractivity contribution is 7.09. The van der Waals surface area contributed by atoms with Crippen molar-refractivity contribution in [3.8, 4) is 0 Å². The lowest BCUT2D eigenvalue weighted by Crippen LogP contribution is -2.16. The first-order valence-electron chi connectivity index (χ1n) is 5.20. The number of anilines is 1. The van der Waals surface area contributed by atoms with E-state index >= 15 is 0 Å². The topological polar surface area (TPSA) is 48.0 Å². The number of nitrogens with two attached hydrogens (primary N) is 1. The van der Waals surface area contributed by atoms with E-state index < -0.39 is 5.82 Å². The zero-order valence-electron chi connectivity index (χ0n) is 9.66. The van der Waals surface area contributed by atoms with Crippen LogP contribution in [0.25, 0.3) is 0 Å². The van der Waals surface area contributed by atoms with Gasteiger partial charge in [-0.3, -0.25) is 9.36 Å². The number of rotatable bonds is 2. The van der Waals surface area contributed by atoms with Gasteiger partial charge in [0.1, 0.15) is 0 Å². The van der Waals surface area contributed by atoms with Crippen molar-refractivity contribution in [2.45, 2.75) is 20.4 Å². The average molecular weight is 252 g/mol. The highest BCUT2D eigenvalue weighted by Gasteiger charge is 2.11. The van der Waals surface area contributed by atoms with Crippen molar-refractivity contribution in [1.82, 2.24) is 4.57 Å². The zero-order valence-corrected chi connectivity index (χ0v) is 10.5. The lowest BCUT2D eigenvalue weighted by Gasteiger charge is -2.07. The highest BCUT2D eigenvalue weighted by Crippen LogP contribution is 2.17. The van der Waals surface area contributed by atoms with Gasteiger partial charge in [-0.05, 0) is 19.9 Å². The van der Waals surface area contributed by atoms with Crippen molar-refractivity contribution < 1.29 is 4.39 Å². The first-order chi connectivity index (χ1) is 8.00. The van der Waals surface area contributed by atoms with E-state index in [0.717, 1.165) is 10.6 Å². The fourth-order valence-electron chi connectivity index (χ4n) is 1.66. The molecule has 1 aromatic heterocycles. The maximum atomic E-state index is 13.7. The Hall–Kier alpha value is -1.62. The molecule has 2 N–H and O–H groups in total. The summed E-state index contributed by atoms with van der Waals surface area (Å²) in [7, 11) is 0. The van der Waals surface area contributed by atoms with E-state index in [0.29, 0.717) is 5.56 Å². The largest absolute Gasteiger partial charge is 0.396 e. The maximum absolute atomic E-state index is 13.7. The Balaban J connectivity index is 2.45. The average Bonchev–Trinajstić information content (AvgIpc) is 2.51. The molecule has 0 aliphatic carbocycles. The summed E-state index contributed by atoms with van der Waals surface area (Å²) in [5.41, 5.74) is 6.92. The lowest BCUT2D eigenvalue weighted by molar-refractivity contribution is 0.600. The van der Waals surface area contributed by atoms with E-state index in [1.165, 1.54) is 17.4 Å². The van der Waals surface area contributed by atoms with E-state index in [1.54, 1.807) is 16.7 Å². The molecule has 5 heteroatoms. The Bertz CT molecular complexity index is 615. The normalized spacial score (nSPS) is 10.8. The van der Waals surface area contributed by atoms with Crippen molar-refractivity contribution in [2.75, 3.05) is 5.73 Å². The molecule has 1 heterocycles. The standard InChI is InChI=1S/C12H13FN2OS/c1-7-8(2)17-12(16)15(7)6-9-4-3-5-10(14)11(9)13/h3-5H,6,14H2,1-2H3. The summed E-state index contributed by atoms with van der Waals surface area (Å²) >= 11 is 1.18. The van der Waals surface area contributed by atoms with Gasteiger partial charge in [0.25, 0.3) is 0 Å². The summed E-state index contributed by atoms with van der Waals surface area (Å²) in [5.74, 6) is -0.442. The Labute approximate surface area is 102 Å². The third-order valence-corrected chi connectivity index (χ3v) is 3.81. The lowest BCUT2D eigenvalue weighted by atomic mass is 10.2. The molecule has 0 radical (unpaired) electrons. The quantitative estimate of drug-likeness (QED) is 0.834.